The van der Waals surface area contributed by atoms with Crippen LogP contribution in [0.15, 0.2) is 0 Å². The van der Waals surface area contributed by atoms with Gasteiger partial charge < -0.3 is 15.3 Å². The highest BCUT2D eigenvalue weighted by Gasteiger charge is 2.72. The van der Waals surface area contributed by atoms with Gasteiger partial charge in [-0.2, -0.15) is 0 Å². The Kier molecular flexibility index (Phi) is 3.80. The number of hydrogen-bond acceptors (Lipinski definition) is 4. The zero-order valence-electron chi connectivity index (χ0n) is 15.9. The summed E-state index contributed by atoms with van der Waals surface area (Å²) in [6.07, 6.45) is 6.63. The maximum Gasteiger partial charge on any atom is 0.133 e. The molecule has 0 aliphatic heterocycles. The summed E-state index contributed by atoms with van der Waals surface area (Å²) in [6, 6.07) is 0. The second kappa shape index (κ2) is 5.30. The van der Waals surface area contributed by atoms with Crippen LogP contribution in [0.4, 0.5) is 0 Å². The molecule has 4 heteroatoms. The fraction of sp³-hybridized carbons (Fsp3) is 0.952. The molecule has 8 atom stereocenters. The summed E-state index contributed by atoms with van der Waals surface area (Å²) in [7, 11) is 0. The van der Waals surface area contributed by atoms with Crippen LogP contribution in [0, 0.1) is 28.6 Å². The van der Waals surface area contributed by atoms with Gasteiger partial charge in [-0.3, -0.25) is 4.79 Å². The number of aliphatic hydroxyl groups is 3. The third-order valence-electron chi connectivity index (χ3n) is 9.49. The number of fused-ring (bicyclic) bond motifs is 5. The van der Waals surface area contributed by atoms with Crippen molar-refractivity contribution in [2.75, 3.05) is 0 Å². The van der Waals surface area contributed by atoms with Crippen LogP contribution in [0.3, 0.4) is 0 Å². The molecule has 3 N–H and O–H groups in total. The third-order valence-corrected chi connectivity index (χ3v) is 9.49. The molecule has 142 valence electrons. The molecule has 0 aromatic carbocycles. The molecule has 0 aromatic rings. The first-order valence-corrected chi connectivity index (χ1v) is 10.2. The monoisotopic (exact) mass is 350 g/mol. The lowest BCUT2D eigenvalue weighted by Crippen LogP contribution is -2.71. The van der Waals surface area contributed by atoms with Gasteiger partial charge in [-0.25, -0.2) is 0 Å². The van der Waals surface area contributed by atoms with E-state index in [4.69, 9.17) is 0 Å². The van der Waals surface area contributed by atoms with Crippen molar-refractivity contribution in [2.24, 2.45) is 28.6 Å². The van der Waals surface area contributed by atoms with Gasteiger partial charge in [0.2, 0.25) is 0 Å². The molecule has 0 unspecified atom stereocenters. The lowest BCUT2D eigenvalue weighted by molar-refractivity contribution is -0.286. The van der Waals surface area contributed by atoms with E-state index in [9.17, 15) is 20.1 Å². The van der Waals surface area contributed by atoms with E-state index in [1.807, 2.05) is 0 Å². The smallest absolute Gasteiger partial charge is 0.133 e. The Hall–Kier alpha value is -0.450. The van der Waals surface area contributed by atoms with Gasteiger partial charge in [0.05, 0.1) is 17.3 Å². The maximum atomic E-state index is 12.2. The highest BCUT2D eigenvalue weighted by Crippen LogP contribution is 2.70. The molecule has 4 fully saturated rings. The fourth-order valence-electron chi connectivity index (χ4n) is 7.82. The molecule has 4 rings (SSSR count). The summed E-state index contributed by atoms with van der Waals surface area (Å²) < 4.78 is 0. The molecule has 0 bridgehead atoms. The average Bonchev–Trinajstić information content (AvgIpc) is 2.81. The minimum Gasteiger partial charge on any atom is -0.393 e. The Morgan fingerprint density at radius 3 is 2.24 bits per heavy atom. The summed E-state index contributed by atoms with van der Waals surface area (Å²) in [6.45, 7) is 5.94. The number of carbonyl (C=O) groups is 1. The summed E-state index contributed by atoms with van der Waals surface area (Å²) in [5.74, 6) is 0.278. The molecule has 4 nitrogen and oxygen atoms in total. The first-order valence-electron chi connectivity index (χ1n) is 10.2. The van der Waals surface area contributed by atoms with E-state index < -0.39 is 16.6 Å². The fourth-order valence-corrected chi connectivity index (χ4v) is 7.82. The third kappa shape index (κ3) is 2.02. The SMILES string of the molecule is CC(=O)[C@H]1CC[C@@]2(O)[C@@H]3CC[C@@H]4C[C@@H](O)CC[C@]4(C)[C@@]3(O)CC[C@]12C. The lowest BCUT2D eigenvalue weighted by atomic mass is 9.41. The van der Waals surface area contributed by atoms with E-state index in [2.05, 4.69) is 13.8 Å². The van der Waals surface area contributed by atoms with Gasteiger partial charge in [0.1, 0.15) is 5.78 Å². The van der Waals surface area contributed by atoms with Crippen LogP contribution in [0.5, 0.6) is 0 Å². The highest BCUT2D eigenvalue weighted by molar-refractivity contribution is 5.80. The van der Waals surface area contributed by atoms with E-state index in [1.54, 1.807) is 6.92 Å². The van der Waals surface area contributed by atoms with Crippen molar-refractivity contribution in [3.05, 3.63) is 0 Å². The summed E-state index contributed by atoms with van der Waals surface area (Å²) in [5, 5.41) is 33.9. The molecule has 0 radical (unpaired) electrons. The molecule has 0 spiro atoms. The molecule has 0 aromatic heterocycles. The Balaban J connectivity index is 1.74. The molecule has 0 heterocycles. The Morgan fingerprint density at radius 1 is 0.880 bits per heavy atom. The van der Waals surface area contributed by atoms with Gasteiger partial charge in [0.25, 0.3) is 0 Å². The van der Waals surface area contributed by atoms with Crippen LogP contribution in [0.2, 0.25) is 0 Å². The van der Waals surface area contributed by atoms with Crippen molar-refractivity contribution >= 4 is 5.78 Å². The Bertz CT molecular complexity index is 590. The van der Waals surface area contributed by atoms with Crippen molar-refractivity contribution < 1.29 is 20.1 Å². The number of carbonyl (C=O) groups excluding carboxylic acids is 1. The number of hydrogen-bond donors (Lipinski definition) is 3. The quantitative estimate of drug-likeness (QED) is 0.679. The van der Waals surface area contributed by atoms with Crippen molar-refractivity contribution in [2.45, 2.75) is 95.9 Å². The van der Waals surface area contributed by atoms with E-state index in [1.165, 1.54) is 0 Å². The van der Waals surface area contributed by atoms with Gasteiger partial charge in [0, 0.05) is 17.3 Å². The molecule has 0 amide bonds. The van der Waals surface area contributed by atoms with Crippen molar-refractivity contribution in [1.82, 2.24) is 0 Å². The van der Waals surface area contributed by atoms with Gasteiger partial charge in [-0.05, 0) is 76.0 Å². The molecule has 4 aliphatic carbocycles. The predicted octanol–water partition coefficient (Wildman–Crippen LogP) is 2.83. The summed E-state index contributed by atoms with van der Waals surface area (Å²) in [4.78, 5) is 12.2. The maximum absolute atomic E-state index is 12.2. The predicted molar refractivity (Wildman–Crippen MR) is 94.8 cm³/mol. The molecular formula is C21H34O4. The van der Waals surface area contributed by atoms with Crippen LogP contribution >= 0.6 is 0 Å². The average molecular weight is 350 g/mol. The molecule has 25 heavy (non-hydrogen) atoms. The Morgan fingerprint density at radius 2 is 1.56 bits per heavy atom. The lowest BCUT2D eigenvalue weighted by Gasteiger charge is -2.67. The number of rotatable bonds is 1. The molecular weight excluding hydrogens is 316 g/mol. The van der Waals surface area contributed by atoms with Crippen molar-refractivity contribution in [3.8, 4) is 0 Å². The van der Waals surface area contributed by atoms with E-state index in [0.717, 1.165) is 38.5 Å². The molecule has 4 aliphatic rings. The molecule has 4 saturated carbocycles. The first-order chi connectivity index (χ1) is 11.6. The molecule has 0 saturated heterocycles. The normalized spacial score (nSPS) is 58.2. The minimum atomic E-state index is -0.944. The number of ketones is 1. The topological polar surface area (TPSA) is 77.8 Å². The van der Waals surface area contributed by atoms with Gasteiger partial charge in [0.15, 0.2) is 0 Å². The van der Waals surface area contributed by atoms with Crippen LogP contribution < -0.4 is 0 Å². The number of Topliss-reactive ketones (excluding diaryl/α,β-unsaturated/α-hetero) is 1. The van der Waals surface area contributed by atoms with Gasteiger partial charge in [-0.1, -0.05) is 13.8 Å². The van der Waals surface area contributed by atoms with Crippen molar-refractivity contribution in [3.63, 3.8) is 0 Å². The largest absolute Gasteiger partial charge is 0.393 e. The van der Waals surface area contributed by atoms with E-state index >= 15 is 0 Å². The van der Waals surface area contributed by atoms with E-state index in [0.29, 0.717) is 25.2 Å². The van der Waals surface area contributed by atoms with E-state index in [-0.39, 0.29) is 29.1 Å². The van der Waals surface area contributed by atoms with Gasteiger partial charge in [-0.15, -0.1) is 0 Å². The highest BCUT2D eigenvalue weighted by atomic mass is 16.3. The number of aliphatic hydroxyl groups excluding tert-OH is 1. The van der Waals surface area contributed by atoms with Gasteiger partial charge >= 0.3 is 0 Å². The summed E-state index contributed by atoms with van der Waals surface area (Å²) in [5.41, 5.74) is -2.47. The zero-order chi connectivity index (χ0) is 18.3. The minimum absolute atomic E-state index is 0.0826. The summed E-state index contributed by atoms with van der Waals surface area (Å²) >= 11 is 0. The second-order valence-electron chi connectivity index (χ2n) is 10.1. The van der Waals surface area contributed by atoms with Crippen LogP contribution in [-0.2, 0) is 4.79 Å². The first kappa shape index (κ1) is 17.9. The second-order valence-corrected chi connectivity index (χ2v) is 10.1. The van der Waals surface area contributed by atoms with Crippen LogP contribution in [-0.4, -0.2) is 38.4 Å². The Labute approximate surface area is 151 Å². The van der Waals surface area contributed by atoms with Crippen LogP contribution in [0.25, 0.3) is 0 Å². The standard InChI is InChI=1S/C21H34O4/c1-13(22)16-7-9-20(24)17-5-4-14-12-15(23)6-8-18(14,2)21(17,25)11-10-19(16,20)3/h14-17,23-25H,4-12H2,1-3H3/t14-,15+,16-,17+,18+,19-,20-,21-/m1/s1. The zero-order valence-corrected chi connectivity index (χ0v) is 15.9. The van der Waals surface area contributed by atoms with Crippen molar-refractivity contribution in [1.29, 1.82) is 0 Å². The van der Waals surface area contributed by atoms with Crippen LogP contribution in [0.1, 0.15) is 78.6 Å².